The van der Waals surface area contributed by atoms with E-state index in [-0.39, 0.29) is 11.6 Å². The van der Waals surface area contributed by atoms with Gasteiger partial charge in [-0.25, -0.2) is 0 Å². The van der Waals surface area contributed by atoms with Gasteiger partial charge in [0, 0.05) is 30.6 Å². The van der Waals surface area contributed by atoms with Crippen molar-refractivity contribution in [3.8, 4) is 0 Å². The number of rotatable bonds is 1. The van der Waals surface area contributed by atoms with Gasteiger partial charge in [0.15, 0.2) is 5.78 Å². The molecule has 0 saturated heterocycles. The molecule has 0 amide bonds. The third kappa shape index (κ3) is 1.34. The van der Waals surface area contributed by atoms with Gasteiger partial charge in [-0.05, 0) is 19.4 Å². The Balaban J connectivity index is 2.70. The van der Waals surface area contributed by atoms with Crippen LogP contribution in [0.5, 0.6) is 0 Å². The monoisotopic (exact) mass is 216 g/mol. The van der Waals surface area contributed by atoms with Crippen LogP contribution in [0.3, 0.4) is 0 Å². The summed E-state index contributed by atoms with van der Waals surface area (Å²) >= 11 is 0. The van der Waals surface area contributed by atoms with Crippen LogP contribution < -0.4 is 5.32 Å². The van der Waals surface area contributed by atoms with E-state index < -0.39 is 0 Å². The summed E-state index contributed by atoms with van der Waals surface area (Å²) in [5.41, 5.74) is 2.75. The van der Waals surface area contributed by atoms with Crippen LogP contribution in [0.4, 0.5) is 0 Å². The number of aryl methyl sites for hydroxylation is 1. The van der Waals surface area contributed by atoms with Crippen molar-refractivity contribution in [3.05, 3.63) is 40.4 Å². The summed E-state index contributed by atoms with van der Waals surface area (Å²) in [7, 11) is 1.62. The van der Waals surface area contributed by atoms with Gasteiger partial charge in [-0.15, -0.1) is 0 Å². The summed E-state index contributed by atoms with van der Waals surface area (Å²) in [5, 5.41) is 2.72. The molecule has 0 atom stereocenters. The number of Topliss-reactive ketones (excluding diaryl/α,β-unsaturated/α-hetero) is 1. The molecule has 0 aromatic carbocycles. The van der Waals surface area contributed by atoms with Crippen molar-refractivity contribution >= 4 is 11.6 Å². The topological polar surface area (TPSA) is 59.1 Å². The average molecular weight is 216 g/mol. The first-order chi connectivity index (χ1) is 7.56. The van der Waals surface area contributed by atoms with Crippen LogP contribution in [-0.2, 0) is 0 Å². The first-order valence-electron chi connectivity index (χ1n) is 5.01. The van der Waals surface area contributed by atoms with Crippen molar-refractivity contribution in [1.29, 1.82) is 0 Å². The molecule has 1 N–H and O–H groups in total. The molecule has 1 aromatic heterocycles. The molecule has 0 unspecified atom stereocenters. The number of nitrogens with zero attached hydrogens (tertiary/aromatic N) is 1. The van der Waals surface area contributed by atoms with Crippen molar-refractivity contribution in [2.24, 2.45) is 0 Å². The number of carbonyl (C=O) groups is 2. The lowest BCUT2D eigenvalue weighted by molar-refractivity contribution is 0.0978. The molecule has 0 fully saturated rings. The molecular formula is C12H12N2O2. The highest BCUT2D eigenvalue weighted by molar-refractivity contribution is 6.24. The van der Waals surface area contributed by atoms with Crippen molar-refractivity contribution in [1.82, 2.24) is 10.3 Å². The Morgan fingerprint density at radius 2 is 1.94 bits per heavy atom. The minimum atomic E-state index is -0.173. The van der Waals surface area contributed by atoms with E-state index in [0.717, 1.165) is 11.3 Å². The van der Waals surface area contributed by atoms with Crippen LogP contribution in [0.1, 0.15) is 32.0 Å². The first kappa shape index (κ1) is 10.5. The van der Waals surface area contributed by atoms with Crippen molar-refractivity contribution in [3.63, 3.8) is 0 Å². The van der Waals surface area contributed by atoms with Crippen LogP contribution in [-0.4, -0.2) is 23.6 Å². The Kier molecular flexibility index (Phi) is 2.34. The molecule has 0 aliphatic heterocycles. The summed E-state index contributed by atoms with van der Waals surface area (Å²) in [6, 6.07) is 0. The standard InChI is InChI=1S/C12H12N2O2/c1-6-7(2)14-5-8-11(6)10(15)4-9(13-3)12(8)16/h4-5,13H,1-3H3. The quantitative estimate of drug-likeness (QED) is 0.765. The average Bonchev–Trinajstić information content (AvgIpc) is 2.27. The third-order valence-electron chi connectivity index (χ3n) is 2.85. The van der Waals surface area contributed by atoms with Crippen LogP contribution >= 0.6 is 0 Å². The predicted molar refractivity (Wildman–Crippen MR) is 59.5 cm³/mol. The van der Waals surface area contributed by atoms with E-state index >= 15 is 0 Å². The van der Waals surface area contributed by atoms with E-state index in [1.807, 2.05) is 13.8 Å². The van der Waals surface area contributed by atoms with E-state index in [4.69, 9.17) is 0 Å². The number of likely N-dealkylation sites (N-methyl/N-ethyl adjacent to an activating group) is 1. The Morgan fingerprint density at radius 1 is 1.25 bits per heavy atom. The minimum absolute atomic E-state index is 0.137. The zero-order chi connectivity index (χ0) is 11.9. The number of carbonyl (C=O) groups excluding carboxylic acids is 2. The normalized spacial score (nSPS) is 14.6. The predicted octanol–water partition coefficient (Wildman–Crippen LogP) is 1.18. The fourth-order valence-corrected chi connectivity index (χ4v) is 1.79. The van der Waals surface area contributed by atoms with E-state index in [0.29, 0.717) is 16.8 Å². The van der Waals surface area contributed by atoms with Crippen molar-refractivity contribution in [2.45, 2.75) is 13.8 Å². The summed E-state index contributed by atoms with van der Waals surface area (Å²) in [6.07, 6.45) is 2.82. The maximum atomic E-state index is 11.9. The van der Waals surface area contributed by atoms with Crippen molar-refractivity contribution < 1.29 is 9.59 Å². The number of aromatic nitrogens is 1. The number of hydrogen-bond donors (Lipinski definition) is 1. The van der Waals surface area contributed by atoms with Gasteiger partial charge in [0.2, 0.25) is 5.78 Å². The molecule has 2 rings (SSSR count). The van der Waals surface area contributed by atoms with Gasteiger partial charge in [-0.3, -0.25) is 14.6 Å². The highest BCUT2D eigenvalue weighted by Gasteiger charge is 2.27. The van der Waals surface area contributed by atoms with E-state index in [9.17, 15) is 9.59 Å². The summed E-state index contributed by atoms with van der Waals surface area (Å²) in [4.78, 5) is 27.9. The Bertz CT molecular complexity index is 530. The lowest BCUT2D eigenvalue weighted by Gasteiger charge is -2.17. The number of ketones is 2. The van der Waals surface area contributed by atoms with Gasteiger partial charge in [0.1, 0.15) is 0 Å². The second-order valence-corrected chi connectivity index (χ2v) is 3.76. The molecule has 0 bridgehead atoms. The van der Waals surface area contributed by atoms with Gasteiger partial charge in [-0.1, -0.05) is 0 Å². The summed E-state index contributed by atoms with van der Waals surface area (Å²) in [5.74, 6) is -0.311. The molecule has 0 saturated carbocycles. The number of hydrogen-bond acceptors (Lipinski definition) is 4. The van der Waals surface area contributed by atoms with Crippen LogP contribution in [0.2, 0.25) is 0 Å². The van der Waals surface area contributed by atoms with Crippen LogP contribution in [0.25, 0.3) is 0 Å². The molecule has 1 aliphatic rings. The van der Waals surface area contributed by atoms with Gasteiger partial charge in [0.25, 0.3) is 0 Å². The van der Waals surface area contributed by atoms with E-state index in [2.05, 4.69) is 10.3 Å². The SMILES string of the molecule is CNC1=CC(=O)c2c(cnc(C)c2C)C1=O. The smallest absolute Gasteiger partial charge is 0.211 e. The van der Waals surface area contributed by atoms with Gasteiger partial charge >= 0.3 is 0 Å². The third-order valence-corrected chi connectivity index (χ3v) is 2.85. The molecule has 1 heterocycles. The zero-order valence-electron chi connectivity index (χ0n) is 9.42. The molecule has 4 heteroatoms. The molecular weight excluding hydrogens is 204 g/mol. The van der Waals surface area contributed by atoms with E-state index in [1.54, 1.807) is 7.05 Å². The second kappa shape index (κ2) is 3.56. The molecule has 1 aliphatic carbocycles. The van der Waals surface area contributed by atoms with Crippen LogP contribution in [0.15, 0.2) is 18.0 Å². The van der Waals surface area contributed by atoms with Gasteiger partial charge in [0.05, 0.1) is 11.3 Å². The number of nitrogens with one attached hydrogen (secondary N) is 1. The summed E-state index contributed by atoms with van der Waals surface area (Å²) in [6.45, 7) is 3.63. The molecule has 0 radical (unpaired) electrons. The van der Waals surface area contributed by atoms with Crippen LogP contribution in [0, 0.1) is 13.8 Å². The van der Waals surface area contributed by atoms with E-state index in [1.165, 1.54) is 12.3 Å². The number of fused-ring (bicyclic) bond motifs is 1. The second-order valence-electron chi connectivity index (χ2n) is 3.76. The largest absolute Gasteiger partial charge is 0.385 e. The Labute approximate surface area is 93.4 Å². The molecule has 16 heavy (non-hydrogen) atoms. The zero-order valence-corrected chi connectivity index (χ0v) is 9.42. The fraction of sp³-hybridized carbons (Fsp3) is 0.250. The fourth-order valence-electron chi connectivity index (χ4n) is 1.79. The first-order valence-corrected chi connectivity index (χ1v) is 5.01. The minimum Gasteiger partial charge on any atom is -0.385 e. The lowest BCUT2D eigenvalue weighted by atomic mass is 9.90. The Morgan fingerprint density at radius 3 is 2.56 bits per heavy atom. The highest BCUT2D eigenvalue weighted by atomic mass is 16.1. The van der Waals surface area contributed by atoms with Gasteiger partial charge in [-0.2, -0.15) is 0 Å². The maximum absolute atomic E-state index is 11.9. The van der Waals surface area contributed by atoms with Crippen molar-refractivity contribution in [2.75, 3.05) is 7.05 Å². The molecule has 0 spiro atoms. The molecule has 1 aromatic rings. The number of allylic oxidation sites excluding steroid dienone is 2. The Hall–Kier alpha value is -1.97. The van der Waals surface area contributed by atoms with Gasteiger partial charge < -0.3 is 5.32 Å². The molecule has 82 valence electrons. The lowest BCUT2D eigenvalue weighted by Crippen LogP contribution is -2.25. The summed E-state index contributed by atoms with van der Waals surface area (Å²) < 4.78 is 0. The molecule has 4 nitrogen and oxygen atoms in total. The number of pyridine rings is 1. The maximum Gasteiger partial charge on any atom is 0.211 e. The highest BCUT2D eigenvalue weighted by Crippen LogP contribution is 2.23.